The van der Waals surface area contributed by atoms with Crippen LogP contribution in [0.2, 0.25) is 0 Å². The number of nitrogens with one attached hydrogen (secondary N) is 1. The fraction of sp³-hybridized carbons (Fsp3) is 0.500. The first-order chi connectivity index (χ1) is 10.1. The molecular formula is C14H17BrN2O4. The fourth-order valence-electron chi connectivity index (χ4n) is 2.89. The third-order valence-corrected chi connectivity index (χ3v) is 4.44. The first-order valence-electron chi connectivity index (χ1n) is 6.79. The molecule has 2 heterocycles. The summed E-state index contributed by atoms with van der Waals surface area (Å²) in [7, 11) is 0. The van der Waals surface area contributed by atoms with Crippen molar-refractivity contribution in [3.63, 3.8) is 0 Å². The van der Waals surface area contributed by atoms with Crippen LogP contribution in [0, 0.1) is 5.92 Å². The van der Waals surface area contributed by atoms with Gasteiger partial charge >= 0.3 is 0 Å². The predicted octanol–water partition coefficient (Wildman–Crippen LogP) is 0.804. The van der Waals surface area contributed by atoms with Crippen LogP contribution < -0.4 is 5.32 Å². The van der Waals surface area contributed by atoms with Gasteiger partial charge in [0, 0.05) is 12.1 Å². The number of aliphatic hydroxyl groups is 1. The van der Waals surface area contributed by atoms with Gasteiger partial charge in [0.25, 0.3) is 5.91 Å². The van der Waals surface area contributed by atoms with Crippen molar-refractivity contribution in [3.8, 4) is 0 Å². The Morgan fingerprint density at radius 3 is 3.24 bits per heavy atom. The molecule has 0 radical (unpaired) electrons. The molecule has 6 nitrogen and oxygen atoms in total. The summed E-state index contributed by atoms with van der Waals surface area (Å²) in [6.45, 7) is 4.68. The predicted molar refractivity (Wildman–Crippen MR) is 78.9 cm³/mol. The number of hydrogen-bond donors (Lipinski definition) is 2. The molecular weight excluding hydrogens is 340 g/mol. The second kappa shape index (κ2) is 5.92. The summed E-state index contributed by atoms with van der Waals surface area (Å²) >= 11 is 3.19. The molecule has 1 amide bonds. The molecule has 2 N–H and O–H groups in total. The maximum Gasteiger partial charge on any atom is 0.263 e. The highest BCUT2D eigenvalue weighted by Gasteiger charge is 2.41. The second-order valence-electron chi connectivity index (χ2n) is 5.23. The van der Waals surface area contributed by atoms with E-state index in [2.05, 4.69) is 33.9 Å². The van der Waals surface area contributed by atoms with E-state index in [1.54, 1.807) is 17.2 Å². The number of aliphatic hydroxyl groups excluding tert-OH is 1. The number of fused-ring (bicyclic) bond motifs is 1. The first-order valence-corrected chi connectivity index (χ1v) is 7.59. The number of nitrogens with zero attached hydrogens (tertiary/aromatic N) is 1. The van der Waals surface area contributed by atoms with Crippen molar-refractivity contribution in [1.29, 1.82) is 0 Å². The minimum atomic E-state index is -1.02. The van der Waals surface area contributed by atoms with E-state index in [4.69, 9.17) is 9.47 Å². The molecule has 3 aliphatic rings. The van der Waals surface area contributed by atoms with Crippen LogP contribution in [0.1, 0.15) is 6.42 Å². The van der Waals surface area contributed by atoms with Gasteiger partial charge in [-0.05, 0) is 27.9 Å². The van der Waals surface area contributed by atoms with Crippen molar-refractivity contribution < 1.29 is 19.4 Å². The summed E-state index contributed by atoms with van der Waals surface area (Å²) in [5.41, 5.74) is 1.11. The summed E-state index contributed by atoms with van der Waals surface area (Å²) in [5, 5.41) is 12.5. The smallest absolute Gasteiger partial charge is 0.263 e. The number of rotatable bonds is 4. The molecule has 4 atom stereocenters. The summed E-state index contributed by atoms with van der Waals surface area (Å²) in [6.07, 6.45) is 4.85. The molecule has 21 heavy (non-hydrogen) atoms. The molecule has 7 heteroatoms. The van der Waals surface area contributed by atoms with E-state index in [-0.39, 0.29) is 18.2 Å². The van der Waals surface area contributed by atoms with Gasteiger partial charge in [-0.15, -0.1) is 6.58 Å². The van der Waals surface area contributed by atoms with E-state index < -0.39 is 6.35 Å². The van der Waals surface area contributed by atoms with Crippen molar-refractivity contribution in [3.05, 3.63) is 35.0 Å². The first kappa shape index (κ1) is 14.8. The maximum absolute atomic E-state index is 11.5. The van der Waals surface area contributed by atoms with E-state index in [1.165, 1.54) is 0 Å². The van der Waals surface area contributed by atoms with Crippen LogP contribution in [0.3, 0.4) is 0 Å². The SMILES string of the molecule is C=CCO[C@@H]1OCC2C[C@@H](N3C=C(Br)C(=O)NC3O)C=C21. The second-order valence-corrected chi connectivity index (χ2v) is 6.08. The van der Waals surface area contributed by atoms with Crippen molar-refractivity contribution in [2.45, 2.75) is 25.1 Å². The molecule has 1 aliphatic carbocycles. The third kappa shape index (κ3) is 2.78. The Morgan fingerprint density at radius 1 is 1.67 bits per heavy atom. The molecule has 0 bridgehead atoms. The Balaban J connectivity index is 1.75. The number of halogens is 1. The lowest BCUT2D eigenvalue weighted by atomic mass is 10.0. The standard InChI is InChI=1S/C14H17BrN2O4/c1-2-3-20-13-10-5-9(4-8(10)7-21-13)17-6-11(15)12(18)16-14(17)19/h2,5-6,8-9,13-14,19H,1,3-4,7H2,(H,16,18)/t8?,9-,13-,14?/m1/s1. The zero-order valence-electron chi connectivity index (χ0n) is 11.4. The van der Waals surface area contributed by atoms with Crippen LogP contribution >= 0.6 is 15.9 Å². The number of carbonyl (C=O) groups excluding carboxylic acids is 1. The van der Waals surface area contributed by atoms with Gasteiger partial charge in [0.05, 0.1) is 23.7 Å². The molecule has 0 aromatic carbocycles. The molecule has 2 aliphatic heterocycles. The molecule has 0 spiro atoms. The van der Waals surface area contributed by atoms with Crippen molar-refractivity contribution in [1.82, 2.24) is 10.2 Å². The largest absolute Gasteiger partial charge is 0.356 e. The molecule has 1 fully saturated rings. The maximum atomic E-state index is 11.5. The third-order valence-electron chi connectivity index (χ3n) is 3.87. The highest BCUT2D eigenvalue weighted by Crippen LogP contribution is 2.39. The molecule has 0 aromatic heterocycles. The Morgan fingerprint density at radius 2 is 2.48 bits per heavy atom. The van der Waals surface area contributed by atoms with E-state index in [0.717, 1.165) is 12.0 Å². The molecule has 0 aromatic rings. The van der Waals surface area contributed by atoms with Crippen LogP contribution in [0.15, 0.2) is 35.0 Å². The van der Waals surface area contributed by atoms with Crippen molar-refractivity contribution in [2.24, 2.45) is 5.92 Å². The number of hydrogen-bond acceptors (Lipinski definition) is 5. The summed E-state index contributed by atoms with van der Waals surface area (Å²) < 4.78 is 11.6. The molecule has 0 saturated carbocycles. The summed E-state index contributed by atoms with van der Waals surface area (Å²) in [4.78, 5) is 13.2. The normalized spacial score (nSPS) is 35.1. The summed E-state index contributed by atoms with van der Waals surface area (Å²) in [6, 6.07) is 0.00637. The fourth-order valence-corrected chi connectivity index (χ4v) is 3.25. The highest BCUT2D eigenvalue weighted by molar-refractivity contribution is 9.12. The Kier molecular flexibility index (Phi) is 4.17. The monoisotopic (exact) mass is 356 g/mol. The van der Waals surface area contributed by atoms with E-state index in [9.17, 15) is 9.90 Å². The average molecular weight is 357 g/mol. The van der Waals surface area contributed by atoms with Crippen LogP contribution in [-0.4, -0.2) is 47.8 Å². The molecule has 2 unspecified atom stereocenters. The topological polar surface area (TPSA) is 71.0 Å². The van der Waals surface area contributed by atoms with Gasteiger partial charge in [-0.25, -0.2) is 0 Å². The van der Waals surface area contributed by atoms with Crippen LogP contribution in [0.5, 0.6) is 0 Å². The quantitative estimate of drug-likeness (QED) is 0.729. The Hall–Kier alpha value is -1.15. The summed E-state index contributed by atoms with van der Waals surface area (Å²) in [5.74, 6) is -0.0260. The van der Waals surface area contributed by atoms with Gasteiger partial charge in [0.2, 0.25) is 6.35 Å². The van der Waals surface area contributed by atoms with Gasteiger partial charge in [-0.3, -0.25) is 4.79 Å². The van der Waals surface area contributed by atoms with Crippen LogP contribution in [0.4, 0.5) is 0 Å². The zero-order valence-corrected chi connectivity index (χ0v) is 13.0. The van der Waals surface area contributed by atoms with Gasteiger partial charge < -0.3 is 24.8 Å². The van der Waals surface area contributed by atoms with Crippen molar-refractivity contribution >= 4 is 21.8 Å². The van der Waals surface area contributed by atoms with Gasteiger partial charge in [-0.2, -0.15) is 0 Å². The highest BCUT2D eigenvalue weighted by atomic mass is 79.9. The number of amides is 1. The lowest BCUT2D eigenvalue weighted by molar-refractivity contribution is -0.126. The molecule has 3 rings (SSSR count). The minimum absolute atomic E-state index is 0.00637. The van der Waals surface area contributed by atoms with Gasteiger partial charge in [0.1, 0.15) is 0 Å². The number of ether oxygens (including phenoxy) is 2. The van der Waals surface area contributed by atoms with Crippen LogP contribution in [0.25, 0.3) is 0 Å². The van der Waals surface area contributed by atoms with E-state index in [0.29, 0.717) is 23.6 Å². The van der Waals surface area contributed by atoms with E-state index >= 15 is 0 Å². The van der Waals surface area contributed by atoms with E-state index in [1.807, 2.05) is 0 Å². The zero-order chi connectivity index (χ0) is 15.0. The van der Waals surface area contributed by atoms with Gasteiger partial charge in [0.15, 0.2) is 6.29 Å². The van der Waals surface area contributed by atoms with Gasteiger partial charge in [-0.1, -0.05) is 12.2 Å². The Labute approximate surface area is 131 Å². The minimum Gasteiger partial charge on any atom is -0.356 e. The van der Waals surface area contributed by atoms with Crippen molar-refractivity contribution in [2.75, 3.05) is 13.2 Å². The van der Waals surface area contributed by atoms with Crippen LogP contribution in [-0.2, 0) is 14.3 Å². The lowest BCUT2D eigenvalue weighted by Crippen LogP contribution is -2.52. The lowest BCUT2D eigenvalue weighted by Gasteiger charge is -2.35. The average Bonchev–Trinajstić information content (AvgIpc) is 3.01. The number of carbonyl (C=O) groups is 1. The Bertz CT molecular complexity index is 519. The molecule has 1 saturated heterocycles. The molecule has 114 valence electrons.